The summed E-state index contributed by atoms with van der Waals surface area (Å²) in [6.07, 6.45) is 2.21. The molecule has 0 N–H and O–H groups in total. The molecule has 0 aromatic rings. The Hall–Kier alpha value is -1.32. The lowest BCUT2D eigenvalue weighted by atomic mass is 9.90. The van der Waals surface area contributed by atoms with Gasteiger partial charge in [0, 0.05) is 5.92 Å². The van der Waals surface area contributed by atoms with Crippen molar-refractivity contribution in [3.63, 3.8) is 0 Å². The lowest BCUT2D eigenvalue weighted by Gasteiger charge is -2.18. The zero-order chi connectivity index (χ0) is 11.1. The van der Waals surface area contributed by atoms with Gasteiger partial charge in [0.2, 0.25) is 0 Å². The highest BCUT2D eigenvalue weighted by Crippen LogP contribution is 2.19. The Morgan fingerprint density at radius 3 is 1.93 bits per heavy atom. The third-order valence-corrected chi connectivity index (χ3v) is 2.11. The number of methoxy groups -OCH3 is 2. The van der Waals surface area contributed by atoms with E-state index in [0.717, 1.165) is 0 Å². The van der Waals surface area contributed by atoms with E-state index < -0.39 is 17.9 Å². The minimum absolute atomic E-state index is 0.241. The molecule has 0 amide bonds. The van der Waals surface area contributed by atoms with Crippen LogP contribution in [-0.2, 0) is 19.1 Å². The van der Waals surface area contributed by atoms with E-state index in [0.29, 0.717) is 6.42 Å². The highest BCUT2D eigenvalue weighted by atomic mass is 16.5. The van der Waals surface area contributed by atoms with Crippen molar-refractivity contribution in [1.29, 1.82) is 0 Å². The number of carbonyl (C=O) groups is 2. The van der Waals surface area contributed by atoms with E-state index in [4.69, 9.17) is 0 Å². The van der Waals surface area contributed by atoms with Gasteiger partial charge in [-0.15, -0.1) is 6.58 Å². The summed E-state index contributed by atoms with van der Waals surface area (Å²) in [5, 5.41) is 0. The topological polar surface area (TPSA) is 52.6 Å². The number of esters is 2. The molecule has 0 aromatic heterocycles. The number of carbonyl (C=O) groups excluding carboxylic acids is 2. The van der Waals surface area contributed by atoms with Crippen molar-refractivity contribution >= 4 is 11.9 Å². The quantitative estimate of drug-likeness (QED) is 0.379. The standard InChI is InChI=1S/C10H16O4/c1-5-7(6-2)8(9(11)13-3)10(12)14-4/h5,7-8H,1,6H2,2-4H3. The van der Waals surface area contributed by atoms with E-state index in [2.05, 4.69) is 16.1 Å². The maximum Gasteiger partial charge on any atom is 0.320 e. The Labute approximate surface area is 83.9 Å². The molecule has 0 aliphatic heterocycles. The number of ether oxygens (including phenoxy) is 2. The lowest BCUT2D eigenvalue weighted by Crippen LogP contribution is -2.32. The zero-order valence-corrected chi connectivity index (χ0v) is 8.78. The molecular weight excluding hydrogens is 184 g/mol. The molecule has 0 aliphatic rings. The second kappa shape index (κ2) is 6.18. The SMILES string of the molecule is C=CC(CC)C(C(=O)OC)C(=O)OC. The largest absolute Gasteiger partial charge is 0.468 e. The van der Waals surface area contributed by atoms with E-state index in [9.17, 15) is 9.59 Å². The molecule has 0 aromatic carbocycles. The highest BCUT2D eigenvalue weighted by molar-refractivity contribution is 5.95. The van der Waals surface area contributed by atoms with E-state index in [1.165, 1.54) is 14.2 Å². The molecule has 0 saturated heterocycles. The van der Waals surface area contributed by atoms with Crippen molar-refractivity contribution in [3.8, 4) is 0 Å². The van der Waals surface area contributed by atoms with Gasteiger partial charge in [-0.05, 0) is 6.42 Å². The molecule has 4 heteroatoms. The monoisotopic (exact) mass is 200 g/mol. The number of rotatable bonds is 5. The molecule has 1 atom stereocenters. The second-order valence-electron chi connectivity index (χ2n) is 2.83. The van der Waals surface area contributed by atoms with Gasteiger partial charge in [0.15, 0.2) is 5.92 Å². The average molecular weight is 200 g/mol. The van der Waals surface area contributed by atoms with E-state index in [-0.39, 0.29) is 5.92 Å². The minimum Gasteiger partial charge on any atom is -0.468 e. The Bertz CT molecular complexity index is 206. The third-order valence-electron chi connectivity index (χ3n) is 2.11. The molecular formula is C10H16O4. The lowest BCUT2D eigenvalue weighted by molar-refractivity contribution is -0.160. The summed E-state index contributed by atoms with van der Waals surface area (Å²) in [7, 11) is 2.49. The molecule has 0 fully saturated rings. The Morgan fingerprint density at radius 1 is 1.29 bits per heavy atom. The van der Waals surface area contributed by atoms with Gasteiger partial charge in [0.25, 0.3) is 0 Å². The van der Waals surface area contributed by atoms with Crippen molar-refractivity contribution in [2.45, 2.75) is 13.3 Å². The summed E-state index contributed by atoms with van der Waals surface area (Å²) in [6, 6.07) is 0. The van der Waals surface area contributed by atoms with Crippen LogP contribution in [0.1, 0.15) is 13.3 Å². The molecule has 1 unspecified atom stereocenters. The fourth-order valence-corrected chi connectivity index (χ4v) is 1.24. The first kappa shape index (κ1) is 12.7. The van der Waals surface area contributed by atoms with Crippen LogP contribution in [0.3, 0.4) is 0 Å². The predicted molar refractivity (Wildman–Crippen MR) is 51.5 cm³/mol. The third kappa shape index (κ3) is 2.87. The van der Waals surface area contributed by atoms with Crippen LogP contribution in [0.4, 0.5) is 0 Å². The maximum atomic E-state index is 11.3. The Morgan fingerprint density at radius 2 is 1.71 bits per heavy atom. The van der Waals surface area contributed by atoms with Crippen LogP contribution in [0.15, 0.2) is 12.7 Å². The smallest absolute Gasteiger partial charge is 0.320 e. The number of hydrogen-bond acceptors (Lipinski definition) is 4. The molecule has 4 nitrogen and oxygen atoms in total. The van der Waals surface area contributed by atoms with Crippen LogP contribution in [0.2, 0.25) is 0 Å². The van der Waals surface area contributed by atoms with Gasteiger partial charge in [-0.2, -0.15) is 0 Å². The first-order chi connectivity index (χ1) is 6.62. The van der Waals surface area contributed by atoms with E-state index in [1.807, 2.05) is 6.92 Å². The van der Waals surface area contributed by atoms with E-state index in [1.54, 1.807) is 6.08 Å². The van der Waals surface area contributed by atoms with Crippen molar-refractivity contribution in [2.24, 2.45) is 11.8 Å². The molecule has 0 rings (SSSR count). The van der Waals surface area contributed by atoms with Crippen molar-refractivity contribution in [2.75, 3.05) is 14.2 Å². The second-order valence-corrected chi connectivity index (χ2v) is 2.83. The molecule has 14 heavy (non-hydrogen) atoms. The fraction of sp³-hybridized carbons (Fsp3) is 0.600. The number of hydrogen-bond donors (Lipinski definition) is 0. The highest BCUT2D eigenvalue weighted by Gasteiger charge is 2.34. The van der Waals surface area contributed by atoms with E-state index >= 15 is 0 Å². The number of allylic oxidation sites excluding steroid dienone is 1. The van der Waals surface area contributed by atoms with Gasteiger partial charge in [0.1, 0.15) is 0 Å². The Kier molecular flexibility index (Phi) is 5.60. The van der Waals surface area contributed by atoms with Crippen molar-refractivity contribution < 1.29 is 19.1 Å². The average Bonchev–Trinajstić information content (AvgIpc) is 2.23. The summed E-state index contributed by atoms with van der Waals surface area (Å²) in [5.74, 6) is -2.30. The van der Waals surface area contributed by atoms with Crippen LogP contribution >= 0.6 is 0 Å². The predicted octanol–water partition coefficient (Wildman–Crippen LogP) is 1.16. The molecule has 0 heterocycles. The zero-order valence-electron chi connectivity index (χ0n) is 8.78. The summed E-state index contributed by atoms with van der Waals surface area (Å²) in [6.45, 7) is 5.44. The van der Waals surface area contributed by atoms with Gasteiger partial charge in [-0.3, -0.25) is 9.59 Å². The molecule has 0 aliphatic carbocycles. The normalized spacial score (nSPS) is 12.0. The summed E-state index contributed by atoms with van der Waals surface area (Å²) >= 11 is 0. The van der Waals surface area contributed by atoms with Crippen LogP contribution in [-0.4, -0.2) is 26.2 Å². The maximum absolute atomic E-state index is 11.3. The summed E-state index contributed by atoms with van der Waals surface area (Å²) < 4.78 is 9.06. The molecule has 0 saturated carbocycles. The summed E-state index contributed by atoms with van der Waals surface area (Å²) in [5.41, 5.74) is 0. The van der Waals surface area contributed by atoms with Crippen LogP contribution in [0.25, 0.3) is 0 Å². The molecule has 0 spiro atoms. The van der Waals surface area contributed by atoms with Gasteiger partial charge in [0.05, 0.1) is 14.2 Å². The van der Waals surface area contributed by atoms with Gasteiger partial charge < -0.3 is 9.47 Å². The van der Waals surface area contributed by atoms with Gasteiger partial charge in [-0.1, -0.05) is 13.0 Å². The van der Waals surface area contributed by atoms with Crippen molar-refractivity contribution in [1.82, 2.24) is 0 Å². The fourth-order valence-electron chi connectivity index (χ4n) is 1.24. The van der Waals surface area contributed by atoms with Crippen molar-refractivity contribution in [3.05, 3.63) is 12.7 Å². The van der Waals surface area contributed by atoms with Gasteiger partial charge in [-0.25, -0.2) is 0 Å². The first-order valence-electron chi connectivity index (χ1n) is 4.40. The van der Waals surface area contributed by atoms with Crippen LogP contribution in [0.5, 0.6) is 0 Å². The molecule has 0 bridgehead atoms. The molecule has 0 radical (unpaired) electrons. The molecule has 80 valence electrons. The Balaban J connectivity index is 4.78. The summed E-state index contributed by atoms with van der Waals surface area (Å²) in [4.78, 5) is 22.6. The minimum atomic E-state index is -0.896. The van der Waals surface area contributed by atoms with Gasteiger partial charge >= 0.3 is 11.9 Å². The van der Waals surface area contributed by atoms with Crippen LogP contribution in [0, 0.1) is 11.8 Å². The van der Waals surface area contributed by atoms with Crippen LogP contribution < -0.4 is 0 Å². The first-order valence-corrected chi connectivity index (χ1v) is 4.40.